The van der Waals surface area contributed by atoms with Crippen LogP contribution in [0.2, 0.25) is 0 Å². The molecule has 0 fully saturated rings. The van der Waals surface area contributed by atoms with E-state index in [2.05, 4.69) is 28.3 Å². The summed E-state index contributed by atoms with van der Waals surface area (Å²) >= 11 is 3.28. The van der Waals surface area contributed by atoms with Gasteiger partial charge in [0, 0.05) is 22.8 Å². The molecule has 2 aromatic rings. The van der Waals surface area contributed by atoms with Gasteiger partial charge in [0.2, 0.25) is 0 Å². The van der Waals surface area contributed by atoms with Gasteiger partial charge in [0.05, 0.1) is 6.54 Å². The molecule has 20 heavy (non-hydrogen) atoms. The van der Waals surface area contributed by atoms with Crippen molar-refractivity contribution in [3.63, 3.8) is 0 Å². The predicted octanol–water partition coefficient (Wildman–Crippen LogP) is 3.41. The number of carboxylic acids is 1. The number of hydrogen-bond acceptors (Lipinski definition) is 5. The van der Waals surface area contributed by atoms with Gasteiger partial charge >= 0.3 is 5.97 Å². The maximum Gasteiger partial charge on any atom is 0.355 e. The van der Waals surface area contributed by atoms with Crippen molar-refractivity contribution in [3.05, 3.63) is 38.0 Å². The van der Waals surface area contributed by atoms with Gasteiger partial charge < -0.3 is 5.11 Å². The third-order valence-electron chi connectivity index (χ3n) is 3.70. The van der Waals surface area contributed by atoms with Crippen LogP contribution < -0.4 is 0 Å². The molecule has 1 atom stereocenters. The first kappa shape index (κ1) is 13.7. The molecule has 0 radical (unpaired) electrons. The zero-order valence-electron chi connectivity index (χ0n) is 11.2. The zero-order valence-corrected chi connectivity index (χ0v) is 12.8. The maximum atomic E-state index is 10.9. The van der Waals surface area contributed by atoms with Crippen LogP contribution >= 0.6 is 22.7 Å². The molecule has 0 spiro atoms. The summed E-state index contributed by atoms with van der Waals surface area (Å²) in [6.07, 6.45) is 2.15. The summed E-state index contributed by atoms with van der Waals surface area (Å²) in [5.74, 6) is -0.946. The Labute approximate surface area is 125 Å². The molecule has 1 unspecified atom stereocenters. The lowest BCUT2D eigenvalue weighted by molar-refractivity contribution is 0.0690. The fourth-order valence-corrected chi connectivity index (χ4v) is 4.49. The van der Waals surface area contributed by atoms with E-state index in [1.54, 1.807) is 5.38 Å². The first-order chi connectivity index (χ1) is 9.69. The standard InChI is InChI=1S/C14H16N2O2S2/c1-2-11-9-4-6-19-12(9)3-5-16(11)7-13-15-10(8-20-13)14(17)18/h4,6,8,11H,2-3,5,7H2,1H3,(H,17,18). The van der Waals surface area contributed by atoms with E-state index in [0.29, 0.717) is 6.04 Å². The van der Waals surface area contributed by atoms with Crippen LogP contribution in [0, 0.1) is 0 Å². The van der Waals surface area contributed by atoms with Crippen LogP contribution in [0.1, 0.15) is 45.3 Å². The Morgan fingerprint density at radius 2 is 2.40 bits per heavy atom. The summed E-state index contributed by atoms with van der Waals surface area (Å²) in [5.41, 5.74) is 1.60. The molecule has 4 nitrogen and oxygen atoms in total. The second kappa shape index (κ2) is 5.63. The van der Waals surface area contributed by atoms with Gasteiger partial charge in [0.15, 0.2) is 5.69 Å². The molecule has 1 aliphatic heterocycles. The van der Waals surface area contributed by atoms with Crippen LogP contribution in [0.5, 0.6) is 0 Å². The first-order valence-electron chi connectivity index (χ1n) is 6.67. The van der Waals surface area contributed by atoms with E-state index >= 15 is 0 Å². The summed E-state index contributed by atoms with van der Waals surface area (Å²) in [4.78, 5) is 19.0. The number of rotatable bonds is 4. The molecule has 1 N–H and O–H groups in total. The van der Waals surface area contributed by atoms with Gasteiger partial charge in [-0.1, -0.05) is 6.92 Å². The summed E-state index contributed by atoms with van der Waals surface area (Å²) < 4.78 is 0. The van der Waals surface area contributed by atoms with Crippen molar-refractivity contribution in [1.82, 2.24) is 9.88 Å². The minimum Gasteiger partial charge on any atom is -0.476 e. The summed E-state index contributed by atoms with van der Waals surface area (Å²) in [5, 5.41) is 13.6. The molecule has 0 aliphatic carbocycles. The minimum absolute atomic E-state index is 0.159. The lowest BCUT2D eigenvalue weighted by Gasteiger charge is -2.34. The molecular weight excluding hydrogens is 292 g/mol. The van der Waals surface area contributed by atoms with Crippen molar-refractivity contribution in [1.29, 1.82) is 0 Å². The Hall–Kier alpha value is -1.24. The van der Waals surface area contributed by atoms with E-state index in [4.69, 9.17) is 5.11 Å². The molecule has 0 saturated carbocycles. The van der Waals surface area contributed by atoms with Crippen LogP contribution in [0.4, 0.5) is 0 Å². The number of nitrogens with zero attached hydrogens (tertiary/aromatic N) is 2. The summed E-state index contributed by atoms with van der Waals surface area (Å²) in [7, 11) is 0. The lowest BCUT2D eigenvalue weighted by atomic mass is 9.98. The highest BCUT2D eigenvalue weighted by atomic mass is 32.1. The highest BCUT2D eigenvalue weighted by Crippen LogP contribution is 2.36. The van der Waals surface area contributed by atoms with Crippen molar-refractivity contribution in [2.45, 2.75) is 32.4 Å². The van der Waals surface area contributed by atoms with E-state index in [1.807, 2.05) is 11.3 Å². The van der Waals surface area contributed by atoms with E-state index in [9.17, 15) is 4.79 Å². The largest absolute Gasteiger partial charge is 0.476 e. The number of carboxylic acid groups (broad SMARTS) is 1. The number of carbonyl (C=O) groups is 1. The molecule has 0 amide bonds. The highest BCUT2D eigenvalue weighted by molar-refractivity contribution is 7.10. The normalized spacial score (nSPS) is 18.9. The van der Waals surface area contributed by atoms with Gasteiger partial charge in [-0.2, -0.15) is 0 Å². The molecular formula is C14H16N2O2S2. The van der Waals surface area contributed by atoms with Crippen LogP contribution in [0.25, 0.3) is 0 Å². The second-order valence-electron chi connectivity index (χ2n) is 4.88. The van der Waals surface area contributed by atoms with Gasteiger partial charge in [0.25, 0.3) is 0 Å². The fourth-order valence-electron chi connectivity index (χ4n) is 2.77. The van der Waals surface area contributed by atoms with Gasteiger partial charge in [0.1, 0.15) is 5.01 Å². The molecule has 3 heterocycles. The topological polar surface area (TPSA) is 53.4 Å². The Bertz CT molecular complexity index is 620. The van der Waals surface area contributed by atoms with Crippen molar-refractivity contribution < 1.29 is 9.90 Å². The Kier molecular flexibility index (Phi) is 3.87. The van der Waals surface area contributed by atoms with Crippen molar-refractivity contribution in [2.75, 3.05) is 6.54 Å². The average Bonchev–Trinajstić information content (AvgIpc) is 3.06. The molecule has 106 valence electrons. The van der Waals surface area contributed by atoms with Crippen LogP contribution in [-0.2, 0) is 13.0 Å². The molecule has 3 rings (SSSR count). The van der Waals surface area contributed by atoms with Crippen LogP contribution in [0.3, 0.4) is 0 Å². The zero-order chi connectivity index (χ0) is 14.1. The Morgan fingerprint density at radius 1 is 1.55 bits per heavy atom. The van der Waals surface area contributed by atoms with Gasteiger partial charge in [-0.15, -0.1) is 22.7 Å². The maximum absolute atomic E-state index is 10.9. The molecule has 1 aliphatic rings. The van der Waals surface area contributed by atoms with Crippen molar-refractivity contribution >= 4 is 28.6 Å². The molecule has 0 aromatic carbocycles. The van der Waals surface area contributed by atoms with Crippen molar-refractivity contribution in [3.8, 4) is 0 Å². The number of hydrogen-bond donors (Lipinski definition) is 1. The number of aromatic carboxylic acids is 1. The Balaban J connectivity index is 1.78. The monoisotopic (exact) mass is 308 g/mol. The lowest BCUT2D eigenvalue weighted by Crippen LogP contribution is -2.33. The third-order valence-corrected chi connectivity index (χ3v) is 5.53. The third kappa shape index (κ3) is 2.51. The van der Waals surface area contributed by atoms with Gasteiger partial charge in [-0.3, -0.25) is 4.90 Å². The highest BCUT2D eigenvalue weighted by Gasteiger charge is 2.27. The number of thiophene rings is 1. The van der Waals surface area contributed by atoms with Gasteiger partial charge in [-0.25, -0.2) is 9.78 Å². The van der Waals surface area contributed by atoms with E-state index < -0.39 is 5.97 Å². The first-order valence-corrected chi connectivity index (χ1v) is 8.43. The van der Waals surface area contributed by atoms with E-state index in [-0.39, 0.29) is 5.69 Å². The van der Waals surface area contributed by atoms with Gasteiger partial charge in [-0.05, 0) is 29.9 Å². The molecule has 0 bridgehead atoms. The SMILES string of the molecule is CCC1c2ccsc2CCN1Cc1nc(C(=O)O)cs1. The van der Waals surface area contributed by atoms with E-state index in [0.717, 1.165) is 30.9 Å². The number of fused-ring (bicyclic) bond motifs is 1. The van der Waals surface area contributed by atoms with Crippen molar-refractivity contribution in [2.24, 2.45) is 0 Å². The molecule has 0 saturated heterocycles. The number of thiazole rings is 1. The average molecular weight is 308 g/mol. The minimum atomic E-state index is -0.946. The molecule has 6 heteroatoms. The fraction of sp³-hybridized carbons (Fsp3) is 0.429. The van der Waals surface area contributed by atoms with E-state index in [1.165, 1.54) is 21.8 Å². The second-order valence-corrected chi connectivity index (χ2v) is 6.82. The number of aromatic nitrogens is 1. The smallest absolute Gasteiger partial charge is 0.355 e. The predicted molar refractivity (Wildman–Crippen MR) is 80.5 cm³/mol. The summed E-state index contributed by atoms with van der Waals surface area (Å²) in [6.45, 7) is 3.97. The summed E-state index contributed by atoms with van der Waals surface area (Å²) in [6, 6.07) is 2.66. The quantitative estimate of drug-likeness (QED) is 0.940. The Morgan fingerprint density at radius 3 is 3.10 bits per heavy atom. The van der Waals surface area contributed by atoms with Crippen LogP contribution in [-0.4, -0.2) is 27.5 Å². The molecule has 2 aromatic heterocycles. The van der Waals surface area contributed by atoms with Crippen LogP contribution in [0.15, 0.2) is 16.8 Å².